The van der Waals surface area contributed by atoms with Gasteiger partial charge in [0.15, 0.2) is 0 Å². The minimum Gasteiger partial charge on any atom is -0.396 e. The molecule has 0 amide bonds. The predicted molar refractivity (Wildman–Crippen MR) is 48.1 cm³/mol. The Hall–Kier alpha value is -0.770. The summed E-state index contributed by atoms with van der Waals surface area (Å²) in [5, 5.41) is 2.78. The number of nitrogen functional groups attached to an aromatic ring is 1. The molecule has 1 aromatic rings. The number of rotatable bonds is 1. The molecule has 1 rings (SSSR count). The Kier molecular flexibility index (Phi) is 2.34. The normalized spacial score (nSPS) is 9.73. The molecule has 0 radical (unpaired) electrons. The molecular formula is C7H8BrFN2. The number of anilines is 2. The second kappa shape index (κ2) is 3.09. The van der Waals surface area contributed by atoms with Gasteiger partial charge in [-0.2, -0.15) is 0 Å². The molecule has 0 aliphatic carbocycles. The maximum absolute atomic E-state index is 12.7. The first-order chi connectivity index (χ1) is 5.15. The summed E-state index contributed by atoms with van der Waals surface area (Å²) in [6.07, 6.45) is 0. The van der Waals surface area contributed by atoms with Crippen LogP contribution in [0.1, 0.15) is 0 Å². The molecule has 0 saturated carbocycles. The fourth-order valence-electron chi connectivity index (χ4n) is 0.792. The van der Waals surface area contributed by atoms with E-state index in [4.69, 9.17) is 5.73 Å². The van der Waals surface area contributed by atoms with E-state index in [0.717, 1.165) is 0 Å². The second-order valence-corrected chi connectivity index (χ2v) is 2.95. The third-order valence-electron chi connectivity index (χ3n) is 1.36. The molecule has 0 unspecified atom stereocenters. The van der Waals surface area contributed by atoms with Gasteiger partial charge in [0.2, 0.25) is 0 Å². The molecule has 0 aromatic heterocycles. The van der Waals surface area contributed by atoms with E-state index in [2.05, 4.69) is 21.2 Å². The number of nitrogens with two attached hydrogens (primary N) is 1. The monoisotopic (exact) mass is 218 g/mol. The molecule has 0 aliphatic heterocycles. The highest BCUT2D eigenvalue weighted by atomic mass is 79.9. The van der Waals surface area contributed by atoms with Crippen molar-refractivity contribution in [2.75, 3.05) is 18.1 Å². The number of hydrogen-bond donors (Lipinski definition) is 2. The molecular weight excluding hydrogens is 211 g/mol. The SMILES string of the molecule is CNc1cc(F)cc(Br)c1N. The molecule has 1 aromatic carbocycles. The summed E-state index contributed by atoms with van der Waals surface area (Å²) in [7, 11) is 1.69. The van der Waals surface area contributed by atoms with E-state index in [-0.39, 0.29) is 5.82 Å². The van der Waals surface area contributed by atoms with Crippen molar-refractivity contribution in [3.8, 4) is 0 Å². The van der Waals surface area contributed by atoms with E-state index < -0.39 is 0 Å². The highest BCUT2D eigenvalue weighted by Gasteiger charge is 2.03. The average molecular weight is 219 g/mol. The van der Waals surface area contributed by atoms with Gasteiger partial charge in [-0.05, 0) is 28.1 Å². The summed E-state index contributed by atoms with van der Waals surface area (Å²) >= 11 is 3.13. The third-order valence-corrected chi connectivity index (χ3v) is 2.02. The Balaban J connectivity index is 3.24. The zero-order valence-electron chi connectivity index (χ0n) is 5.99. The van der Waals surface area contributed by atoms with Crippen molar-refractivity contribution >= 4 is 27.3 Å². The van der Waals surface area contributed by atoms with Crippen LogP contribution in [0.3, 0.4) is 0 Å². The molecule has 0 saturated heterocycles. The Labute approximate surface area is 72.7 Å². The van der Waals surface area contributed by atoms with Crippen LogP contribution >= 0.6 is 15.9 Å². The van der Waals surface area contributed by atoms with Crippen molar-refractivity contribution in [3.63, 3.8) is 0 Å². The highest BCUT2D eigenvalue weighted by molar-refractivity contribution is 9.10. The van der Waals surface area contributed by atoms with Crippen LogP contribution in [0.2, 0.25) is 0 Å². The number of halogens is 2. The predicted octanol–water partition coefficient (Wildman–Crippen LogP) is 2.21. The Morgan fingerprint density at radius 3 is 2.73 bits per heavy atom. The summed E-state index contributed by atoms with van der Waals surface area (Å²) in [6, 6.07) is 2.68. The third kappa shape index (κ3) is 1.63. The fraction of sp³-hybridized carbons (Fsp3) is 0.143. The second-order valence-electron chi connectivity index (χ2n) is 2.10. The Morgan fingerprint density at radius 1 is 1.55 bits per heavy atom. The van der Waals surface area contributed by atoms with Crippen LogP contribution in [0, 0.1) is 5.82 Å². The van der Waals surface area contributed by atoms with E-state index in [1.165, 1.54) is 12.1 Å². The first kappa shape index (κ1) is 8.33. The van der Waals surface area contributed by atoms with Crippen molar-refractivity contribution in [3.05, 3.63) is 22.4 Å². The lowest BCUT2D eigenvalue weighted by Gasteiger charge is -2.05. The largest absolute Gasteiger partial charge is 0.396 e. The lowest BCUT2D eigenvalue weighted by molar-refractivity contribution is 0.627. The van der Waals surface area contributed by atoms with Crippen LogP contribution in [0.25, 0.3) is 0 Å². The van der Waals surface area contributed by atoms with Gasteiger partial charge in [-0.1, -0.05) is 0 Å². The maximum atomic E-state index is 12.7. The average Bonchev–Trinajstić information content (AvgIpc) is 1.96. The van der Waals surface area contributed by atoms with E-state index in [1.54, 1.807) is 7.05 Å². The van der Waals surface area contributed by atoms with Gasteiger partial charge in [-0.3, -0.25) is 0 Å². The first-order valence-electron chi connectivity index (χ1n) is 3.07. The van der Waals surface area contributed by atoms with Gasteiger partial charge in [0, 0.05) is 11.5 Å². The summed E-state index contributed by atoms with van der Waals surface area (Å²) in [4.78, 5) is 0. The van der Waals surface area contributed by atoms with Crippen LogP contribution in [-0.2, 0) is 0 Å². The summed E-state index contributed by atoms with van der Waals surface area (Å²) in [6.45, 7) is 0. The van der Waals surface area contributed by atoms with Gasteiger partial charge in [0.1, 0.15) is 5.82 Å². The minimum atomic E-state index is -0.310. The van der Waals surface area contributed by atoms with Crippen LogP contribution < -0.4 is 11.1 Å². The minimum absolute atomic E-state index is 0.310. The molecule has 0 aliphatic rings. The van der Waals surface area contributed by atoms with Gasteiger partial charge in [0.05, 0.1) is 11.4 Å². The van der Waals surface area contributed by atoms with Gasteiger partial charge >= 0.3 is 0 Å². The highest BCUT2D eigenvalue weighted by Crippen LogP contribution is 2.28. The standard InChI is InChI=1S/C7H8BrFN2/c1-11-6-3-4(9)2-5(8)7(6)10/h2-3,11H,10H2,1H3. The van der Waals surface area contributed by atoms with Crippen molar-refractivity contribution in [2.24, 2.45) is 0 Å². The summed E-state index contributed by atoms with van der Waals surface area (Å²) in [5.41, 5.74) is 6.70. The van der Waals surface area contributed by atoms with Crippen molar-refractivity contribution in [1.29, 1.82) is 0 Å². The zero-order valence-corrected chi connectivity index (χ0v) is 7.57. The van der Waals surface area contributed by atoms with Gasteiger partial charge in [-0.25, -0.2) is 4.39 Å². The lowest BCUT2D eigenvalue weighted by Crippen LogP contribution is -1.97. The molecule has 11 heavy (non-hydrogen) atoms. The van der Waals surface area contributed by atoms with Crippen LogP contribution in [0.4, 0.5) is 15.8 Å². The molecule has 0 spiro atoms. The Bertz CT molecular complexity index is 275. The quantitative estimate of drug-likeness (QED) is 0.710. The Morgan fingerprint density at radius 2 is 2.18 bits per heavy atom. The molecule has 2 nitrogen and oxygen atoms in total. The van der Waals surface area contributed by atoms with Crippen molar-refractivity contribution in [2.45, 2.75) is 0 Å². The van der Waals surface area contributed by atoms with E-state index >= 15 is 0 Å². The lowest BCUT2D eigenvalue weighted by atomic mass is 10.2. The van der Waals surface area contributed by atoms with Crippen LogP contribution in [0.15, 0.2) is 16.6 Å². The number of hydrogen-bond acceptors (Lipinski definition) is 2. The number of benzene rings is 1. The van der Waals surface area contributed by atoms with Crippen LogP contribution in [0.5, 0.6) is 0 Å². The number of nitrogens with one attached hydrogen (secondary N) is 1. The molecule has 0 heterocycles. The molecule has 0 bridgehead atoms. The van der Waals surface area contributed by atoms with Crippen LogP contribution in [-0.4, -0.2) is 7.05 Å². The zero-order chi connectivity index (χ0) is 8.43. The molecule has 4 heteroatoms. The summed E-state index contributed by atoms with van der Waals surface area (Å²) < 4.78 is 13.2. The maximum Gasteiger partial charge on any atom is 0.126 e. The molecule has 0 atom stereocenters. The molecule has 0 fully saturated rings. The van der Waals surface area contributed by atoms with Crippen molar-refractivity contribution in [1.82, 2.24) is 0 Å². The smallest absolute Gasteiger partial charge is 0.126 e. The van der Waals surface area contributed by atoms with Gasteiger partial charge in [-0.15, -0.1) is 0 Å². The van der Waals surface area contributed by atoms with Crippen molar-refractivity contribution < 1.29 is 4.39 Å². The van der Waals surface area contributed by atoms with E-state index in [1.807, 2.05) is 0 Å². The van der Waals surface area contributed by atoms with E-state index in [0.29, 0.717) is 15.8 Å². The fourth-order valence-corrected chi connectivity index (χ4v) is 1.22. The van der Waals surface area contributed by atoms with Gasteiger partial charge in [0.25, 0.3) is 0 Å². The summed E-state index contributed by atoms with van der Waals surface area (Å²) in [5.74, 6) is -0.310. The molecule has 60 valence electrons. The topological polar surface area (TPSA) is 38.0 Å². The first-order valence-corrected chi connectivity index (χ1v) is 3.86. The van der Waals surface area contributed by atoms with Gasteiger partial charge < -0.3 is 11.1 Å². The molecule has 3 N–H and O–H groups in total. The van der Waals surface area contributed by atoms with E-state index in [9.17, 15) is 4.39 Å².